The van der Waals surface area contributed by atoms with Crippen molar-refractivity contribution in [2.75, 3.05) is 0 Å². The lowest BCUT2D eigenvalue weighted by Crippen LogP contribution is -1.77. The van der Waals surface area contributed by atoms with E-state index in [1.807, 2.05) is 6.07 Å². The van der Waals surface area contributed by atoms with Crippen LogP contribution < -0.4 is 0 Å². The molecule has 3 rings (SSSR count). The van der Waals surface area contributed by atoms with E-state index < -0.39 is 0 Å². The predicted octanol–water partition coefficient (Wildman–Crippen LogP) is 5.84. The van der Waals surface area contributed by atoms with E-state index in [4.69, 9.17) is 0 Å². The number of rotatable bonds is 2. The second-order valence-corrected chi connectivity index (χ2v) is 5.90. The van der Waals surface area contributed by atoms with Gasteiger partial charge in [-0.05, 0) is 38.7 Å². The van der Waals surface area contributed by atoms with E-state index in [0.29, 0.717) is 0 Å². The summed E-state index contributed by atoms with van der Waals surface area (Å²) >= 11 is 5.25. The normalized spacial score (nSPS) is 10.5. The summed E-state index contributed by atoms with van der Waals surface area (Å²) in [5.74, 6) is 0. The Morgan fingerprint density at radius 1 is 0.722 bits per heavy atom. The molecule has 3 aromatic rings. The maximum absolute atomic E-state index is 3.49. The minimum Gasteiger partial charge on any atom is -0.143 e. The summed E-state index contributed by atoms with van der Waals surface area (Å²) in [6.07, 6.45) is 0. The highest BCUT2D eigenvalue weighted by Crippen LogP contribution is 2.31. The summed E-state index contributed by atoms with van der Waals surface area (Å²) in [4.78, 5) is 1.29. The zero-order chi connectivity index (χ0) is 12.4. The Hall–Kier alpha value is -1.38. The zero-order valence-corrected chi connectivity index (χ0v) is 12.0. The number of halogens is 1. The molecule has 88 valence electrons. The van der Waals surface area contributed by atoms with Gasteiger partial charge in [-0.3, -0.25) is 0 Å². The lowest BCUT2D eigenvalue weighted by molar-refractivity contribution is 1.62. The summed E-state index contributed by atoms with van der Waals surface area (Å²) in [5, 5.41) is 2.11. The average molecular weight is 315 g/mol. The van der Waals surface area contributed by atoms with Crippen LogP contribution in [0, 0.1) is 0 Å². The first-order valence-electron chi connectivity index (χ1n) is 5.73. The molecule has 1 aromatic heterocycles. The van der Waals surface area contributed by atoms with E-state index in [0.717, 1.165) is 4.47 Å². The van der Waals surface area contributed by atoms with Crippen LogP contribution in [0.4, 0.5) is 0 Å². The van der Waals surface area contributed by atoms with E-state index in [1.54, 1.807) is 11.3 Å². The van der Waals surface area contributed by atoms with Crippen LogP contribution in [0.5, 0.6) is 0 Å². The Bertz CT molecular complexity index is 638. The Labute approximate surface area is 119 Å². The van der Waals surface area contributed by atoms with Crippen LogP contribution in [0.3, 0.4) is 0 Å². The minimum atomic E-state index is 1.15. The van der Waals surface area contributed by atoms with Gasteiger partial charge in [0.25, 0.3) is 0 Å². The third-order valence-corrected chi connectivity index (χ3v) is 4.58. The van der Waals surface area contributed by atoms with Crippen molar-refractivity contribution in [3.05, 3.63) is 70.5 Å². The first-order valence-corrected chi connectivity index (χ1v) is 7.40. The Morgan fingerprint density at radius 2 is 1.33 bits per heavy atom. The van der Waals surface area contributed by atoms with Gasteiger partial charge in [-0.2, -0.15) is 0 Å². The van der Waals surface area contributed by atoms with Gasteiger partial charge in [0.15, 0.2) is 0 Å². The van der Waals surface area contributed by atoms with Crippen molar-refractivity contribution in [1.29, 1.82) is 0 Å². The van der Waals surface area contributed by atoms with Gasteiger partial charge in [-0.25, -0.2) is 0 Å². The molecule has 0 fully saturated rings. The molecule has 0 aliphatic carbocycles. The summed E-state index contributed by atoms with van der Waals surface area (Å²) in [6, 6.07) is 21.3. The molecule has 1 heterocycles. The van der Waals surface area contributed by atoms with Crippen LogP contribution in [-0.2, 0) is 0 Å². The molecular weight excluding hydrogens is 304 g/mol. The molecule has 0 atom stereocenters. The van der Waals surface area contributed by atoms with E-state index in [9.17, 15) is 0 Å². The van der Waals surface area contributed by atoms with Crippen LogP contribution in [0.2, 0.25) is 0 Å². The van der Waals surface area contributed by atoms with Crippen LogP contribution >= 0.6 is 27.3 Å². The average Bonchev–Trinajstić information content (AvgIpc) is 2.87. The SMILES string of the molecule is Brc1csc(-c2ccc(-c3ccccc3)cc2)c1. The van der Waals surface area contributed by atoms with E-state index in [-0.39, 0.29) is 0 Å². The molecular formula is C16H11BrS. The monoisotopic (exact) mass is 314 g/mol. The molecule has 2 heteroatoms. The highest BCUT2D eigenvalue weighted by atomic mass is 79.9. The predicted molar refractivity (Wildman–Crippen MR) is 82.9 cm³/mol. The third kappa shape index (κ3) is 2.40. The Kier molecular flexibility index (Phi) is 3.31. The van der Waals surface area contributed by atoms with Crippen molar-refractivity contribution >= 4 is 27.3 Å². The summed E-state index contributed by atoms with van der Waals surface area (Å²) < 4.78 is 1.15. The Balaban J connectivity index is 1.94. The number of hydrogen-bond donors (Lipinski definition) is 0. The molecule has 0 saturated heterocycles. The molecule has 2 aromatic carbocycles. The van der Waals surface area contributed by atoms with Gasteiger partial charge in [-0.15, -0.1) is 11.3 Å². The highest BCUT2D eigenvalue weighted by Gasteiger charge is 2.02. The van der Waals surface area contributed by atoms with E-state index in [2.05, 4.69) is 75.9 Å². The second-order valence-electron chi connectivity index (χ2n) is 4.07. The molecule has 0 saturated carbocycles. The van der Waals surface area contributed by atoms with Gasteiger partial charge in [0.1, 0.15) is 0 Å². The maximum Gasteiger partial charge on any atom is 0.0354 e. The molecule has 0 amide bonds. The number of hydrogen-bond acceptors (Lipinski definition) is 1. The lowest BCUT2D eigenvalue weighted by atomic mass is 10.0. The van der Waals surface area contributed by atoms with Crippen LogP contribution in [0.1, 0.15) is 0 Å². The summed E-state index contributed by atoms with van der Waals surface area (Å²) in [7, 11) is 0. The molecule has 0 N–H and O–H groups in total. The fourth-order valence-corrected chi connectivity index (χ4v) is 3.36. The smallest absolute Gasteiger partial charge is 0.0354 e. The van der Waals surface area contributed by atoms with Crippen LogP contribution in [0.15, 0.2) is 70.5 Å². The van der Waals surface area contributed by atoms with Gasteiger partial charge in [0.05, 0.1) is 0 Å². The third-order valence-electron chi connectivity index (χ3n) is 2.84. The van der Waals surface area contributed by atoms with E-state index >= 15 is 0 Å². The van der Waals surface area contributed by atoms with Gasteiger partial charge >= 0.3 is 0 Å². The zero-order valence-electron chi connectivity index (χ0n) is 9.64. The van der Waals surface area contributed by atoms with Crippen LogP contribution in [0.25, 0.3) is 21.6 Å². The summed E-state index contributed by atoms with van der Waals surface area (Å²) in [6.45, 7) is 0. The molecule has 18 heavy (non-hydrogen) atoms. The highest BCUT2D eigenvalue weighted by molar-refractivity contribution is 9.10. The van der Waals surface area contributed by atoms with Gasteiger partial charge in [-0.1, -0.05) is 54.6 Å². The molecule has 0 aliphatic rings. The largest absolute Gasteiger partial charge is 0.143 e. The first kappa shape index (κ1) is 11.7. The molecule has 0 spiro atoms. The lowest BCUT2D eigenvalue weighted by Gasteiger charge is -2.02. The Morgan fingerprint density at radius 3 is 1.94 bits per heavy atom. The minimum absolute atomic E-state index is 1.15. The van der Waals surface area contributed by atoms with Crippen molar-refractivity contribution in [3.8, 4) is 21.6 Å². The van der Waals surface area contributed by atoms with E-state index in [1.165, 1.54) is 21.6 Å². The molecule has 0 nitrogen and oxygen atoms in total. The molecule has 0 radical (unpaired) electrons. The van der Waals surface area contributed by atoms with Gasteiger partial charge in [0, 0.05) is 14.7 Å². The van der Waals surface area contributed by atoms with Crippen molar-refractivity contribution in [3.63, 3.8) is 0 Å². The first-order chi connectivity index (χ1) is 8.83. The van der Waals surface area contributed by atoms with Gasteiger partial charge < -0.3 is 0 Å². The molecule has 0 bridgehead atoms. The van der Waals surface area contributed by atoms with Crippen molar-refractivity contribution in [2.45, 2.75) is 0 Å². The van der Waals surface area contributed by atoms with Crippen molar-refractivity contribution in [1.82, 2.24) is 0 Å². The molecule has 0 unspecified atom stereocenters. The summed E-state index contributed by atoms with van der Waals surface area (Å²) in [5.41, 5.74) is 3.79. The second kappa shape index (κ2) is 5.09. The standard InChI is InChI=1S/C16H11BrS/c17-15-10-16(18-11-15)14-8-6-13(7-9-14)12-4-2-1-3-5-12/h1-11H. The maximum atomic E-state index is 3.49. The van der Waals surface area contributed by atoms with Crippen LogP contribution in [-0.4, -0.2) is 0 Å². The van der Waals surface area contributed by atoms with Crippen molar-refractivity contribution in [2.24, 2.45) is 0 Å². The van der Waals surface area contributed by atoms with Gasteiger partial charge in [0.2, 0.25) is 0 Å². The number of thiophene rings is 1. The topological polar surface area (TPSA) is 0 Å². The van der Waals surface area contributed by atoms with Crippen molar-refractivity contribution < 1.29 is 0 Å². The quantitative estimate of drug-likeness (QED) is 0.557. The molecule has 0 aliphatic heterocycles. The fourth-order valence-electron chi connectivity index (χ4n) is 1.92. The fraction of sp³-hybridized carbons (Fsp3) is 0. The number of benzene rings is 2.